The van der Waals surface area contributed by atoms with E-state index in [1.807, 2.05) is 0 Å². The van der Waals surface area contributed by atoms with Crippen molar-refractivity contribution in [1.82, 2.24) is 0 Å². The largest absolute Gasteiger partial charge is 0.311 e. The van der Waals surface area contributed by atoms with Crippen LogP contribution in [0.25, 0.3) is 21.5 Å². The second kappa shape index (κ2) is 36.6. The number of fused-ring (bicyclic) bond motifs is 2. The van der Waals surface area contributed by atoms with Crippen molar-refractivity contribution in [3.63, 3.8) is 0 Å². The summed E-state index contributed by atoms with van der Waals surface area (Å²) in [6, 6.07) is 179. The van der Waals surface area contributed by atoms with Gasteiger partial charge in [0.15, 0.2) is 0 Å². The molecule has 0 N–H and O–H groups in total. The Labute approximate surface area is 820 Å². The summed E-state index contributed by atoms with van der Waals surface area (Å²) < 4.78 is 0. The summed E-state index contributed by atoms with van der Waals surface area (Å²) in [7, 11) is 0. The average molecular weight is 1790 g/mol. The number of rotatable bonds is 25. The predicted molar refractivity (Wildman–Crippen MR) is 584 cm³/mol. The Morgan fingerprint density at radius 3 is 0.547 bits per heavy atom. The topological polar surface area (TPSA) is 13.0 Å². The molecule has 0 saturated heterocycles. The third kappa shape index (κ3) is 14.5. The highest BCUT2D eigenvalue weighted by molar-refractivity contribution is 5.94. The third-order valence-electron chi connectivity index (χ3n) is 30.5. The zero-order chi connectivity index (χ0) is 93.8. The molecular weight excluding hydrogens is 1680 g/mol. The highest BCUT2D eigenvalue weighted by Gasteiger charge is 2.62. The fourth-order valence-electron chi connectivity index (χ4n) is 24.3. The molecule has 4 nitrogen and oxygen atoms in total. The first-order chi connectivity index (χ1) is 68.6. The van der Waals surface area contributed by atoms with Gasteiger partial charge >= 0.3 is 0 Å². The molecule has 26 rings (SSSR count). The van der Waals surface area contributed by atoms with Crippen LogP contribution in [-0.4, -0.2) is 0 Å². The number of hydrogen-bond acceptors (Lipinski definition) is 4. The average Bonchev–Trinajstić information content (AvgIpc) is 0.648. The van der Waals surface area contributed by atoms with Crippen molar-refractivity contribution in [3.8, 4) is 0 Å². The van der Waals surface area contributed by atoms with E-state index in [0.717, 1.165) is 126 Å². The van der Waals surface area contributed by atoms with Crippen molar-refractivity contribution in [3.05, 3.63) is 596 Å². The van der Waals surface area contributed by atoms with Crippen LogP contribution >= 0.6 is 0 Å². The SMILES string of the molecule is CCCc1ccc2c(c1)C1(c3ccc(N(c4ccccc4)c4ccccc4)cc3)c3ccc(CCC)cc3C2(c2ccc(N(c3ccccc3)c3ccccc3)cc2)c2cc(CCC)ccc21.CCc1ccc2c(c1)C1(c3ccc(N(c4ccccc4)c4ccc5ccccc5c4)cc3)c3ccc(CC)cc3C2(c2ccc(N(c3ccccc3)c3ccc4ccccc4c3)cc2)c2cc(CC)ccc21. The lowest BCUT2D eigenvalue weighted by Gasteiger charge is -2.57. The maximum atomic E-state index is 2.60. The highest BCUT2D eigenvalue weighted by Crippen LogP contribution is 2.70. The van der Waals surface area contributed by atoms with Crippen molar-refractivity contribution < 1.29 is 0 Å². The molecule has 0 spiro atoms. The van der Waals surface area contributed by atoms with Gasteiger partial charge in [0, 0.05) is 68.2 Å². The zero-order valence-corrected chi connectivity index (χ0v) is 80.2. The Kier molecular flexibility index (Phi) is 23.0. The molecule has 6 aliphatic rings. The van der Waals surface area contributed by atoms with E-state index in [1.165, 1.54) is 144 Å². The van der Waals surface area contributed by atoms with E-state index >= 15 is 0 Å². The van der Waals surface area contributed by atoms with Crippen LogP contribution in [0.15, 0.2) is 473 Å². The Bertz CT molecular complexity index is 7700. The number of aryl methyl sites for hydroxylation is 6. The van der Waals surface area contributed by atoms with Crippen LogP contribution < -0.4 is 19.6 Å². The van der Waals surface area contributed by atoms with Crippen molar-refractivity contribution in [2.45, 2.75) is 121 Å². The molecule has 4 heteroatoms. The first kappa shape index (κ1) is 87.2. The summed E-state index contributed by atoms with van der Waals surface area (Å²) in [5.41, 5.74) is 41.4. The summed E-state index contributed by atoms with van der Waals surface area (Å²) in [5.74, 6) is 0. The molecule has 0 amide bonds. The predicted octanol–water partition coefficient (Wildman–Crippen LogP) is 34.9. The van der Waals surface area contributed by atoms with Crippen LogP contribution in [0.5, 0.6) is 0 Å². The second-order valence-electron chi connectivity index (χ2n) is 38.2. The van der Waals surface area contributed by atoms with Gasteiger partial charge in [0.2, 0.25) is 0 Å². The normalized spacial score (nSPS) is 16.4. The second-order valence-corrected chi connectivity index (χ2v) is 38.2. The lowest BCUT2D eigenvalue weighted by molar-refractivity contribution is 0.554. The Morgan fingerprint density at radius 2 is 0.324 bits per heavy atom. The molecule has 0 radical (unpaired) electrons. The third-order valence-corrected chi connectivity index (χ3v) is 30.5. The molecule has 6 aliphatic carbocycles. The van der Waals surface area contributed by atoms with E-state index < -0.39 is 21.7 Å². The first-order valence-corrected chi connectivity index (χ1v) is 50.4. The molecule has 0 fully saturated rings. The van der Waals surface area contributed by atoms with Crippen LogP contribution in [0.1, 0.15) is 183 Å². The highest BCUT2D eigenvalue weighted by atomic mass is 15.2. The Morgan fingerprint density at radius 1 is 0.144 bits per heavy atom. The number of anilines is 12. The molecule has 4 bridgehead atoms. The smallest absolute Gasteiger partial charge is 0.0711 e. The first-order valence-electron chi connectivity index (χ1n) is 50.4. The van der Waals surface area contributed by atoms with Crippen molar-refractivity contribution >= 4 is 89.8 Å². The van der Waals surface area contributed by atoms with Crippen LogP contribution in [0.4, 0.5) is 68.2 Å². The molecule has 20 aromatic rings. The quantitative estimate of drug-likeness (QED) is 0.0565. The minimum absolute atomic E-state index is 0.540. The van der Waals surface area contributed by atoms with E-state index in [2.05, 4.69) is 534 Å². The molecule has 0 heterocycles. The standard InChI is InChI=1S/C70H56N2.C65H58N2/c1-4-48-27-42-65-66(43-48)69(55-30-36-59(37-31-55)71(57-21-9-7-10-22-57)61-34-28-51-17-13-15-19-53(51)46-61)63-40-25-49(5-2)44-67(63)70(65,68-45-50(6-3)26-41-64(68)69)56-32-38-60(39-33-56)72(58-23-11-8-12-24-58)62-35-29-52-18-14-16-20-54(52)47-62;1-4-19-47-32-43-60-61(44-47)64(50-33-37-56(38-34-50)66(52-22-11-7-12-23-52)53-24-13-8-14-25-53)58-41-30-48(20-5-2)45-62(58)65(60,63-46-49(21-6-3)31-42-59(63)64)51-35-39-57(40-36-51)67(54-26-15-9-16-27-54)55-28-17-10-18-29-55/h7-47H,4-6H2,1-3H3;7-18,22-46H,4-6,19-21H2,1-3H3. The fraction of sp³-hybridized carbons (Fsp3) is 0.141. The van der Waals surface area contributed by atoms with Gasteiger partial charge in [-0.2, -0.15) is 0 Å². The minimum Gasteiger partial charge on any atom is -0.311 e. The number of nitrogens with zero attached hydrogens (tertiary/aromatic N) is 4. The molecule has 139 heavy (non-hydrogen) atoms. The van der Waals surface area contributed by atoms with Gasteiger partial charge in [0.1, 0.15) is 0 Å². The van der Waals surface area contributed by atoms with Crippen molar-refractivity contribution in [1.29, 1.82) is 0 Å². The monoisotopic (exact) mass is 1790 g/mol. The molecule has 0 aromatic heterocycles. The van der Waals surface area contributed by atoms with Gasteiger partial charge in [-0.05, 0) is 328 Å². The lowest BCUT2D eigenvalue weighted by Crippen LogP contribution is -2.52. The summed E-state index contributed by atoms with van der Waals surface area (Å²) >= 11 is 0. The van der Waals surface area contributed by atoms with Crippen LogP contribution in [0.3, 0.4) is 0 Å². The maximum Gasteiger partial charge on any atom is 0.0711 e. The van der Waals surface area contributed by atoms with Gasteiger partial charge in [-0.3, -0.25) is 0 Å². The summed E-state index contributed by atoms with van der Waals surface area (Å²) in [6.07, 6.45) is 9.24. The summed E-state index contributed by atoms with van der Waals surface area (Å²) in [6.45, 7) is 13.8. The molecular formula is C135H114N4. The zero-order valence-electron chi connectivity index (χ0n) is 80.2. The summed E-state index contributed by atoms with van der Waals surface area (Å²) in [4.78, 5) is 9.55. The van der Waals surface area contributed by atoms with Gasteiger partial charge < -0.3 is 19.6 Å². The Balaban J connectivity index is 0.000000156. The van der Waals surface area contributed by atoms with Gasteiger partial charge in [0.05, 0.1) is 21.7 Å². The van der Waals surface area contributed by atoms with Gasteiger partial charge in [-0.15, -0.1) is 0 Å². The Hall–Kier alpha value is -15.9. The van der Waals surface area contributed by atoms with Gasteiger partial charge in [0.25, 0.3) is 0 Å². The lowest BCUT2D eigenvalue weighted by atomic mass is 9.44. The van der Waals surface area contributed by atoms with E-state index in [1.54, 1.807) is 0 Å². The molecule has 674 valence electrons. The summed E-state index contributed by atoms with van der Waals surface area (Å²) in [5, 5.41) is 4.92. The van der Waals surface area contributed by atoms with Crippen LogP contribution in [0, 0.1) is 0 Å². The molecule has 0 aliphatic heterocycles. The molecule has 0 atom stereocenters. The van der Waals surface area contributed by atoms with Gasteiger partial charge in [-0.25, -0.2) is 0 Å². The number of para-hydroxylation sites is 6. The van der Waals surface area contributed by atoms with E-state index in [9.17, 15) is 0 Å². The van der Waals surface area contributed by atoms with Crippen molar-refractivity contribution in [2.24, 2.45) is 0 Å². The number of benzene rings is 20. The molecule has 20 aromatic carbocycles. The van der Waals surface area contributed by atoms with E-state index in [0.29, 0.717) is 0 Å². The van der Waals surface area contributed by atoms with Crippen molar-refractivity contribution in [2.75, 3.05) is 19.6 Å². The molecule has 0 saturated carbocycles. The van der Waals surface area contributed by atoms with Crippen LogP contribution in [-0.2, 0) is 60.2 Å². The number of hydrogen-bond donors (Lipinski definition) is 0. The van der Waals surface area contributed by atoms with Crippen LogP contribution in [0.2, 0.25) is 0 Å². The van der Waals surface area contributed by atoms with E-state index in [4.69, 9.17) is 0 Å². The van der Waals surface area contributed by atoms with Gasteiger partial charge in [-0.1, -0.05) is 388 Å². The maximum absolute atomic E-state index is 2.60. The fourth-order valence-corrected chi connectivity index (χ4v) is 24.3. The van der Waals surface area contributed by atoms with E-state index in [-0.39, 0.29) is 0 Å². The molecule has 0 unspecified atom stereocenters. The minimum atomic E-state index is -0.566.